The molecule has 20 heavy (non-hydrogen) atoms. The highest BCUT2D eigenvalue weighted by Gasteiger charge is 2.11. The van der Waals surface area contributed by atoms with Gasteiger partial charge in [-0.3, -0.25) is 10.1 Å². The van der Waals surface area contributed by atoms with E-state index in [9.17, 15) is 4.79 Å². The van der Waals surface area contributed by atoms with Gasteiger partial charge in [0.1, 0.15) is 5.01 Å². The Morgan fingerprint density at radius 3 is 2.80 bits per heavy atom. The second-order valence-corrected chi connectivity index (χ2v) is 6.06. The van der Waals surface area contributed by atoms with E-state index in [1.807, 2.05) is 0 Å². The number of benzene rings is 1. The molecule has 0 aliphatic heterocycles. The smallest absolute Gasteiger partial charge is 0.257 e. The molecule has 1 heterocycles. The molecule has 0 aliphatic rings. The van der Waals surface area contributed by atoms with Gasteiger partial charge >= 0.3 is 0 Å². The van der Waals surface area contributed by atoms with Crippen molar-refractivity contribution in [2.75, 3.05) is 5.32 Å². The van der Waals surface area contributed by atoms with E-state index in [1.165, 1.54) is 17.4 Å². The first-order chi connectivity index (χ1) is 9.60. The van der Waals surface area contributed by atoms with Crippen molar-refractivity contribution in [2.45, 2.75) is 26.2 Å². The van der Waals surface area contributed by atoms with Crippen LogP contribution in [0.15, 0.2) is 18.2 Å². The number of carbonyl (C=O) groups is 1. The lowest BCUT2D eigenvalue weighted by molar-refractivity contribution is 0.102. The summed E-state index contributed by atoms with van der Waals surface area (Å²) in [5.41, 5.74) is 0.435. The van der Waals surface area contributed by atoms with Crippen LogP contribution in [-0.4, -0.2) is 16.1 Å². The number of halogens is 2. The number of unbranched alkanes of at least 4 members (excludes halogenated alkanes) is 1. The Kier molecular flexibility index (Phi) is 5.34. The molecule has 1 amide bonds. The summed E-state index contributed by atoms with van der Waals surface area (Å²) in [6, 6.07) is 4.73. The highest BCUT2D eigenvalue weighted by atomic mass is 35.5. The lowest BCUT2D eigenvalue weighted by Gasteiger charge is -2.02. The zero-order valence-corrected chi connectivity index (χ0v) is 13.1. The molecule has 0 spiro atoms. The van der Waals surface area contributed by atoms with Gasteiger partial charge in [0.2, 0.25) is 5.13 Å². The van der Waals surface area contributed by atoms with Gasteiger partial charge in [-0.25, -0.2) is 0 Å². The molecule has 0 bridgehead atoms. The Bertz CT molecular complexity index is 615. The molecule has 106 valence electrons. The first-order valence-electron chi connectivity index (χ1n) is 6.19. The summed E-state index contributed by atoms with van der Waals surface area (Å²) < 4.78 is 0. The SMILES string of the molecule is CCCCc1nnc(NC(=O)c2ccc(Cl)c(Cl)c2)s1. The summed E-state index contributed by atoms with van der Waals surface area (Å²) in [4.78, 5) is 12.0. The molecule has 2 rings (SSSR count). The second kappa shape index (κ2) is 7.02. The van der Waals surface area contributed by atoms with Gasteiger partial charge in [0.15, 0.2) is 0 Å². The van der Waals surface area contributed by atoms with E-state index in [1.54, 1.807) is 12.1 Å². The van der Waals surface area contributed by atoms with Gasteiger partial charge in [0, 0.05) is 12.0 Å². The van der Waals surface area contributed by atoms with E-state index >= 15 is 0 Å². The lowest BCUT2D eigenvalue weighted by Crippen LogP contribution is -2.11. The molecule has 1 aromatic heterocycles. The predicted octanol–water partition coefficient (Wildman–Crippen LogP) is 4.44. The van der Waals surface area contributed by atoms with Crippen molar-refractivity contribution in [3.8, 4) is 0 Å². The standard InChI is InChI=1S/C13H13Cl2N3OS/c1-2-3-4-11-17-18-13(20-11)16-12(19)8-5-6-9(14)10(15)7-8/h5-7H,2-4H2,1H3,(H,16,18,19). The highest BCUT2D eigenvalue weighted by Crippen LogP contribution is 2.23. The summed E-state index contributed by atoms with van der Waals surface area (Å²) in [6.07, 6.45) is 3.05. The van der Waals surface area contributed by atoms with Crippen LogP contribution in [0, 0.1) is 0 Å². The van der Waals surface area contributed by atoms with E-state index < -0.39 is 0 Å². The number of hydrogen-bond acceptors (Lipinski definition) is 4. The third kappa shape index (κ3) is 3.91. The minimum Gasteiger partial charge on any atom is -0.296 e. The number of aromatic nitrogens is 2. The minimum absolute atomic E-state index is 0.276. The molecule has 1 N–H and O–H groups in total. The van der Waals surface area contributed by atoms with Crippen LogP contribution in [0.4, 0.5) is 5.13 Å². The zero-order chi connectivity index (χ0) is 14.5. The van der Waals surface area contributed by atoms with E-state index in [0.29, 0.717) is 20.7 Å². The van der Waals surface area contributed by atoms with Crippen LogP contribution in [0.1, 0.15) is 35.1 Å². The van der Waals surface area contributed by atoms with Crippen molar-refractivity contribution >= 4 is 45.6 Å². The van der Waals surface area contributed by atoms with Crippen molar-refractivity contribution in [3.05, 3.63) is 38.8 Å². The van der Waals surface area contributed by atoms with Gasteiger partial charge in [-0.2, -0.15) is 0 Å². The number of nitrogens with zero attached hydrogens (tertiary/aromatic N) is 2. The average molecular weight is 330 g/mol. The fraction of sp³-hybridized carbons (Fsp3) is 0.308. The average Bonchev–Trinajstić information content (AvgIpc) is 2.87. The fourth-order valence-corrected chi connectivity index (χ4v) is 2.61. The molecule has 0 unspecified atom stereocenters. The summed E-state index contributed by atoms with van der Waals surface area (Å²) >= 11 is 13.1. The highest BCUT2D eigenvalue weighted by molar-refractivity contribution is 7.15. The number of nitrogens with one attached hydrogen (secondary N) is 1. The Hall–Kier alpha value is -1.17. The minimum atomic E-state index is -0.276. The Morgan fingerprint density at radius 1 is 1.30 bits per heavy atom. The molecule has 7 heteroatoms. The molecular weight excluding hydrogens is 317 g/mol. The maximum Gasteiger partial charge on any atom is 0.257 e. The zero-order valence-electron chi connectivity index (χ0n) is 10.8. The first-order valence-corrected chi connectivity index (χ1v) is 7.76. The number of hydrogen-bond donors (Lipinski definition) is 1. The van der Waals surface area contributed by atoms with Crippen LogP contribution >= 0.6 is 34.5 Å². The monoisotopic (exact) mass is 329 g/mol. The molecule has 1 aromatic carbocycles. The number of anilines is 1. The van der Waals surface area contributed by atoms with Crippen LogP contribution < -0.4 is 5.32 Å². The van der Waals surface area contributed by atoms with Crippen molar-refractivity contribution in [1.29, 1.82) is 0 Å². The number of carbonyl (C=O) groups excluding carboxylic acids is 1. The summed E-state index contributed by atoms with van der Waals surface area (Å²) in [7, 11) is 0. The third-order valence-electron chi connectivity index (χ3n) is 2.61. The molecule has 0 aliphatic carbocycles. The van der Waals surface area contributed by atoms with Gasteiger partial charge in [-0.1, -0.05) is 47.9 Å². The topological polar surface area (TPSA) is 54.9 Å². The number of rotatable bonds is 5. The molecule has 0 fully saturated rings. The quantitative estimate of drug-likeness (QED) is 0.882. The van der Waals surface area contributed by atoms with Crippen LogP contribution in [-0.2, 0) is 6.42 Å². The van der Waals surface area contributed by atoms with Crippen molar-refractivity contribution in [2.24, 2.45) is 0 Å². The van der Waals surface area contributed by atoms with Crippen molar-refractivity contribution in [3.63, 3.8) is 0 Å². The van der Waals surface area contributed by atoms with E-state index in [0.717, 1.165) is 24.3 Å². The van der Waals surface area contributed by atoms with Crippen LogP contribution in [0.5, 0.6) is 0 Å². The van der Waals surface area contributed by atoms with Crippen LogP contribution in [0.25, 0.3) is 0 Å². The van der Waals surface area contributed by atoms with Gasteiger partial charge in [-0.15, -0.1) is 10.2 Å². The van der Waals surface area contributed by atoms with E-state index in [4.69, 9.17) is 23.2 Å². The summed E-state index contributed by atoms with van der Waals surface area (Å²) in [5, 5.41) is 12.9. The maximum absolute atomic E-state index is 12.0. The Balaban J connectivity index is 2.03. The van der Waals surface area contributed by atoms with Crippen molar-refractivity contribution < 1.29 is 4.79 Å². The van der Waals surface area contributed by atoms with Gasteiger partial charge in [0.25, 0.3) is 5.91 Å². The number of aryl methyl sites for hydroxylation is 1. The molecule has 0 radical (unpaired) electrons. The summed E-state index contributed by atoms with van der Waals surface area (Å²) in [5.74, 6) is -0.276. The molecule has 0 atom stereocenters. The van der Waals surface area contributed by atoms with Gasteiger partial charge in [0.05, 0.1) is 10.0 Å². The second-order valence-electron chi connectivity index (χ2n) is 4.19. The van der Waals surface area contributed by atoms with Gasteiger partial charge in [-0.05, 0) is 24.6 Å². The maximum atomic E-state index is 12.0. The third-order valence-corrected chi connectivity index (χ3v) is 4.25. The fourth-order valence-electron chi connectivity index (χ4n) is 1.54. The largest absolute Gasteiger partial charge is 0.296 e. The normalized spacial score (nSPS) is 10.6. The molecule has 0 saturated carbocycles. The number of amides is 1. The molecule has 2 aromatic rings. The predicted molar refractivity (Wildman–Crippen MR) is 82.9 cm³/mol. The van der Waals surface area contributed by atoms with E-state index in [2.05, 4.69) is 22.4 Å². The molecule has 4 nitrogen and oxygen atoms in total. The molecular formula is C13H13Cl2N3OS. The Morgan fingerprint density at radius 2 is 2.10 bits per heavy atom. The van der Waals surface area contributed by atoms with Crippen LogP contribution in [0.2, 0.25) is 10.0 Å². The summed E-state index contributed by atoms with van der Waals surface area (Å²) in [6.45, 7) is 2.12. The Labute approximate surface area is 131 Å². The first kappa shape index (κ1) is 15.2. The lowest BCUT2D eigenvalue weighted by atomic mass is 10.2. The van der Waals surface area contributed by atoms with Gasteiger partial charge < -0.3 is 0 Å². The molecule has 0 saturated heterocycles. The van der Waals surface area contributed by atoms with Crippen LogP contribution in [0.3, 0.4) is 0 Å². The van der Waals surface area contributed by atoms with Crippen molar-refractivity contribution in [1.82, 2.24) is 10.2 Å². The van der Waals surface area contributed by atoms with E-state index in [-0.39, 0.29) is 5.91 Å².